The first kappa shape index (κ1) is 16.7. The molecule has 0 aliphatic carbocycles. The van der Waals surface area contributed by atoms with E-state index >= 15 is 0 Å². The van der Waals surface area contributed by atoms with E-state index in [2.05, 4.69) is 10.2 Å². The van der Waals surface area contributed by atoms with Crippen LogP contribution in [-0.4, -0.2) is 32.1 Å². The number of hydrogen-bond donors (Lipinski definition) is 0. The Morgan fingerprint density at radius 2 is 1.92 bits per heavy atom. The van der Waals surface area contributed by atoms with Crippen LogP contribution in [0.25, 0.3) is 10.8 Å². The highest BCUT2D eigenvalue weighted by Crippen LogP contribution is 2.29. The Kier molecular flexibility index (Phi) is 3.79. The van der Waals surface area contributed by atoms with E-state index < -0.39 is 17.9 Å². The van der Waals surface area contributed by atoms with E-state index in [-0.39, 0.29) is 35.1 Å². The fourth-order valence-corrected chi connectivity index (χ4v) is 3.83. The van der Waals surface area contributed by atoms with Gasteiger partial charge in [-0.15, -0.1) is 10.2 Å². The lowest BCUT2D eigenvalue weighted by molar-refractivity contribution is -0.147. The van der Waals surface area contributed by atoms with Crippen LogP contribution >= 0.6 is 11.3 Å². The molecule has 0 unspecified atom stereocenters. The van der Waals surface area contributed by atoms with E-state index in [1.165, 1.54) is 4.90 Å². The molecule has 0 atom stereocenters. The molecule has 1 aliphatic rings. The van der Waals surface area contributed by atoms with Crippen molar-refractivity contribution in [3.05, 3.63) is 56.4 Å². The topological polar surface area (TPSA) is 68.1 Å². The number of carbonyl (C=O) groups excluding carboxylic acids is 1. The SMILES string of the molecule is O=C(c1cc2ccccc2c(=O)s1)N1CCn2c(nnc2C(F)(F)F)C1. The van der Waals surface area contributed by atoms with E-state index in [0.29, 0.717) is 10.8 Å². The van der Waals surface area contributed by atoms with Gasteiger partial charge in [-0.25, -0.2) is 0 Å². The fourth-order valence-electron chi connectivity index (χ4n) is 2.94. The van der Waals surface area contributed by atoms with Crippen LogP contribution in [0.5, 0.6) is 0 Å². The fraction of sp³-hybridized carbons (Fsp3) is 0.250. The number of halogens is 3. The van der Waals surface area contributed by atoms with Crippen LogP contribution in [0.3, 0.4) is 0 Å². The van der Waals surface area contributed by atoms with Crippen molar-refractivity contribution in [3.8, 4) is 0 Å². The van der Waals surface area contributed by atoms with Gasteiger partial charge >= 0.3 is 6.18 Å². The minimum atomic E-state index is -4.59. The van der Waals surface area contributed by atoms with Crippen molar-refractivity contribution in [2.45, 2.75) is 19.3 Å². The average Bonchev–Trinajstić information content (AvgIpc) is 3.04. The highest BCUT2D eigenvalue weighted by Gasteiger charge is 2.40. The molecule has 0 fully saturated rings. The van der Waals surface area contributed by atoms with Crippen LogP contribution in [-0.2, 0) is 19.3 Å². The normalized spacial score (nSPS) is 14.5. The number of rotatable bonds is 1. The van der Waals surface area contributed by atoms with Gasteiger partial charge in [-0.1, -0.05) is 29.5 Å². The molecule has 2 aromatic heterocycles. The van der Waals surface area contributed by atoms with Crippen molar-refractivity contribution in [2.75, 3.05) is 6.54 Å². The molecule has 0 saturated heterocycles. The van der Waals surface area contributed by atoms with Gasteiger partial charge in [-0.3, -0.25) is 9.59 Å². The van der Waals surface area contributed by atoms with Crippen molar-refractivity contribution in [1.82, 2.24) is 19.7 Å². The minimum absolute atomic E-state index is 0.0502. The average molecular weight is 380 g/mol. The molecule has 1 aromatic carbocycles. The van der Waals surface area contributed by atoms with Gasteiger partial charge in [0, 0.05) is 18.5 Å². The lowest BCUT2D eigenvalue weighted by Crippen LogP contribution is -2.39. The molecule has 1 aliphatic heterocycles. The number of hydrogen-bond acceptors (Lipinski definition) is 5. The Morgan fingerprint density at radius 3 is 2.69 bits per heavy atom. The zero-order valence-corrected chi connectivity index (χ0v) is 14.0. The highest BCUT2D eigenvalue weighted by molar-refractivity contribution is 7.12. The summed E-state index contributed by atoms with van der Waals surface area (Å²) in [7, 11) is 0. The summed E-state index contributed by atoms with van der Waals surface area (Å²) in [5, 5.41) is 7.93. The summed E-state index contributed by atoms with van der Waals surface area (Å²) < 4.78 is 39.4. The largest absolute Gasteiger partial charge is 0.451 e. The molecule has 6 nitrogen and oxygen atoms in total. The third-order valence-corrected chi connectivity index (χ3v) is 5.09. The zero-order chi connectivity index (χ0) is 18.5. The molecule has 3 heterocycles. The summed E-state index contributed by atoms with van der Waals surface area (Å²) in [5.74, 6) is -1.39. The summed E-state index contributed by atoms with van der Waals surface area (Å²) in [5.41, 5.74) is 0. The molecule has 0 radical (unpaired) electrons. The first-order chi connectivity index (χ1) is 12.3. The van der Waals surface area contributed by atoms with Crippen molar-refractivity contribution in [2.24, 2.45) is 0 Å². The number of amides is 1. The molecular formula is C16H11F3N4O2S. The Balaban J connectivity index is 1.64. The van der Waals surface area contributed by atoms with Gasteiger partial charge in [-0.05, 0) is 17.5 Å². The second kappa shape index (κ2) is 5.90. The molecule has 4 rings (SSSR count). The number of nitrogens with zero attached hydrogens (tertiary/aromatic N) is 4. The number of fused-ring (bicyclic) bond motifs is 2. The first-order valence-corrected chi connectivity index (χ1v) is 8.47. The molecule has 134 valence electrons. The van der Waals surface area contributed by atoms with Crippen LogP contribution in [0.1, 0.15) is 21.3 Å². The van der Waals surface area contributed by atoms with Crippen molar-refractivity contribution >= 4 is 28.0 Å². The van der Waals surface area contributed by atoms with E-state index in [1.807, 2.05) is 0 Å². The number of alkyl halides is 3. The molecule has 0 spiro atoms. The lowest BCUT2D eigenvalue weighted by atomic mass is 10.2. The number of benzene rings is 1. The van der Waals surface area contributed by atoms with E-state index in [9.17, 15) is 22.8 Å². The van der Waals surface area contributed by atoms with Gasteiger partial charge in [0.1, 0.15) is 0 Å². The molecule has 1 amide bonds. The first-order valence-electron chi connectivity index (χ1n) is 7.66. The van der Waals surface area contributed by atoms with Gasteiger partial charge in [0.15, 0.2) is 5.82 Å². The van der Waals surface area contributed by atoms with E-state index in [0.717, 1.165) is 15.9 Å². The number of carbonyl (C=O) groups is 1. The Hall–Kier alpha value is -2.75. The molecule has 3 aromatic rings. The van der Waals surface area contributed by atoms with Crippen molar-refractivity contribution in [3.63, 3.8) is 0 Å². The van der Waals surface area contributed by atoms with Crippen LogP contribution < -0.4 is 4.74 Å². The highest BCUT2D eigenvalue weighted by atomic mass is 32.1. The molecular weight excluding hydrogens is 369 g/mol. The summed E-state index contributed by atoms with van der Waals surface area (Å²) in [6, 6.07) is 8.56. The molecule has 0 saturated carbocycles. The summed E-state index contributed by atoms with van der Waals surface area (Å²) >= 11 is 0.830. The standard InChI is InChI=1S/C16H11F3N4O2S/c17-16(18,19)15-21-20-12-8-22(5-6-23(12)15)13(24)11-7-9-3-1-2-4-10(9)14(25)26-11/h1-4,7H,5-6,8H2. The van der Waals surface area contributed by atoms with Crippen LogP contribution in [0.4, 0.5) is 13.2 Å². The third kappa shape index (κ3) is 2.75. The van der Waals surface area contributed by atoms with Gasteiger partial charge in [0.25, 0.3) is 5.91 Å². The van der Waals surface area contributed by atoms with Crippen LogP contribution in [0, 0.1) is 0 Å². The van der Waals surface area contributed by atoms with Crippen LogP contribution in [0.15, 0.2) is 35.1 Å². The lowest BCUT2D eigenvalue weighted by Gasteiger charge is -2.27. The number of aromatic nitrogens is 3. The van der Waals surface area contributed by atoms with Crippen LogP contribution in [0.2, 0.25) is 0 Å². The molecule has 0 bridgehead atoms. The Bertz CT molecular complexity index is 1070. The third-order valence-electron chi connectivity index (χ3n) is 4.17. The second-order valence-corrected chi connectivity index (χ2v) is 6.82. The second-order valence-electron chi connectivity index (χ2n) is 5.80. The minimum Gasteiger partial charge on any atom is -0.329 e. The van der Waals surface area contributed by atoms with Gasteiger partial charge in [0.2, 0.25) is 10.6 Å². The van der Waals surface area contributed by atoms with Gasteiger partial charge in [0.05, 0.1) is 11.4 Å². The van der Waals surface area contributed by atoms with E-state index in [1.54, 1.807) is 30.3 Å². The molecule has 26 heavy (non-hydrogen) atoms. The summed E-state index contributed by atoms with van der Waals surface area (Å²) in [6.07, 6.45) is -4.59. The maximum atomic E-state index is 12.9. The summed E-state index contributed by atoms with van der Waals surface area (Å²) in [4.78, 5) is 26.5. The predicted molar refractivity (Wildman–Crippen MR) is 87.9 cm³/mol. The van der Waals surface area contributed by atoms with Crippen molar-refractivity contribution < 1.29 is 18.0 Å². The van der Waals surface area contributed by atoms with Crippen molar-refractivity contribution in [1.29, 1.82) is 0 Å². The van der Waals surface area contributed by atoms with E-state index in [4.69, 9.17) is 0 Å². The monoisotopic (exact) mass is 380 g/mol. The van der Waals surface area contributed by atoms with Gasteiger partial charge in [-0.2, -0.15) is 13.2 Å². The summed E-state index contributed by atoms with van der Waals surface area (Å²) in [6.45, 7) is -0.0538. The zero-order valence-electron chi connectivity index (χ0n) is 13.2. The maximum absolute atomic E-state index is 12.9. The molecule has 0 N–H and O–H groups in total. The van der Waals surface area contributed by atoms with Gasteiger partial charge < -0.3 is 9.47 Å². The predicted octanol–water partition coefficient (Wildman–Crippen LogP) is 2.53. The molecule has 10 heteroatoms. The smallest absolute Gasteiger partial charge is 0.329 e. The quantitative estimate of drug-likeness (QED) is 0.651. The Labute approximate surface area is 148 Å². The maximum Gasteiger partial charge on any atom is 0.451 e. The Morgan fingerprint density at radius 1 is 1.15 bits per heavy atom.